The van der Waals surface area contributed by atoms with Crippen LogP contribution in [0.2, 0.25) is 0 Å². The summed E-state index contributed by atoms with van der Waals surface area (Å²) in [5.41, 5.74) is 0.778. The summed E-state index contributed by atoms with van der Waals surface area (Å²) >= 11 is 1.55. The average molecular weight is 264 g/mol. The van der Waals surface area contributed by atoms with E-state index in [0.717, 1.165) is 32.7 Å². The van der Waals surface area contributed by atoms with Gasteiger partial charge in [-0.1, -0.05) is 24.3 Å². The van der Waals surface area contributed by atoms with Gasteiger partial charge in [0.2, 0.25) is 0 Å². The fourth-order valence-electron chi connectivity index (χ4n) is 2.20. The molecule has 0 saturated heterocycles. The van der Waals surface area contributed by atoms with Crippen LogP contribution in [0, 0.1) is 0 Å². The Morgan fingerprint density at radius 3 is 2.06 bits per heavy atom. The molecule has 96 valence electrons. The molecule has 0 radical (unpaired) electrons. The molecule has 18 heavy (non-hydrogen) atoms. The molecule has 0 aliphatic carbocycles. The van der Waals surface area contributed by atoms with Gasteiger partial charge in [-0.05, 0) is 6.26 Å². The van der Waals surface area contributed by atoms with E-state index in [2.05, 4.69) is 0 Å². The number of hydrogen-bond donors (Lipinski definition) is 1. The second-order valence-corrected chi connectivity index (χ2v) is 4.60. The fourth-order valence-corrected chi connectivity index (χ4v) is 2.98. The molecule has 0 unspecified atom stereocenters. The van der Waals surface area contributed by atoms with E-state index in [4.69, 9.17) is 9.47 Å². The highest BCUT2D eigenvalue weighted by molar-refractivity contribution is 7.98. The van der Waals surface area contributed by atoms with Crippen LogP contribution in [0.4, 0.5) is 0 Å². The molecule has 1 N–H and O–H groups in total. The number of aliphatic hydroxyl groups excluding tert-OH is 1. The number of fused-ring (bicyclic) bond motifs is 1. The number of methoxy groups -OCH3 is 2. The number of hydrogen-bond acceptors (Lipinski definition) is 4. The number of rotatable bonds is 4. The van der Waals surface area contributed by atoms with Crippen LogP contribution in [0.15, 0.2) is 29.2 Å². The third-order valence-electron chi connectivity index (χ3n) is 2.94. The summed E-state index contributed by atoms with van der Waals surface area (Å²) in [6, 6.07) is 7.88. The summed E-state index contributed by atoms with van der Waals surface area (Å²) in [4.78, 5) is 0.926. The van der Waals surface area contributed by atoms with Gasteiger partial charge in [0.15, 0.2) is 0 Å². The zero-order valence-corrected chi connectivity index (χ0v) is 11.5. The first-order chi connectivity index (χ1) is 8.78. The van der Waals surface area contributed by atoms with Crippen molar-refractivity contribution in [3.63, 3.8) is 0 Å². The molecule has 0 spiro atoms. The van der Waals surface area contributed by atoms with Crippen molar-refractivity contribution < 1.29 is 14.6 Å². The molecule has 2 rings (SSSR count). The standard InChI is InChI=1S/C14H16O3S/c1-16-12-9-6-4-5-7-10(9)13(17-2)14(18-3)11(12)8-15/h4-7,15H,8H2,1-3H3. The summed E-state index contributed by atoms with van der Waals surface area (Å²) in [7, 11) is 3.27. The zero-order chi connectivity index (χ0) is 13.1. The number of thioether (sulfide) groups is 1. The lowest BCUT2D eigenvalue weighted by molar-refractivity contribution is 0.269. The third-order valence-corrected chi connectivity index (χ3v) is 3.78. The first kappa shape index (κ1) is 13.1. The lowest BCUT2D eigenvalue weighted by atomic mass is 10.0. The molecule has 0 bridgehead atoms. The second kappa shape index (κ2) is 5.50. The summed E-state index contributed by atoms with van der Waals surface area (Å²) in [6.07, 6.45) is 1.96. The van der Waals surface area contributed by atoms with E-state index < -0.39 is 0 Å². The van der Waals surface area contributed by atoms with Gasteiger partial charge in [-0.15, -0.1) is 11.8 Å². The van der Waals surface area contributed by atoms with Crippen molar-refractivity contribution in [3.8, 4) is 11.5 Å². The predicted octanol–water partition coefficient (Wildman–Crippen LogP) is 3.07. The summed E-state index contributed by atoms with van der Waals surface area (Å²) in [6.45, 7) is -0.0689. The fraction of sp³-hybridized carbons (Fsp3) is 0.286. The van der Waals surface area contributed by atoms with E-state index >= 15 is 0 Å². The molecule has 0 atom stereocenters. The Morgan fingerprint density at radius 2 is 1.61 bits per heavy atom. The lowest BCUT2D eigenvalue weighted by Gasteiger charge is -2.18. The molecule has 0 aliphatic heterocycles. The molecule has 2 aromatic rings. The molecule has 0 fully saturated rings. The molecular formula is C14H16O3S. The van der Waals surface area contributed by atoms with Crippen molar-refractivity contribution in [3.05, 3.63) is 29.8 Å². The van der Waals surface area contributed by atoms with Gasteiger partial charge in [-0.2, -0.15) is 0 Å². The average Bonchev–Trinajstić information content (AvgIpc) is 2.44. The number of ether oxygens (including phenoxy) is 2. The van der Waals surface area contributed by atoms with Crippen LogP contribution >= 0.6 is 11.8 Å². The maximum atomic E-state index is 9.59. The Labute approximate surface area is 111 Å². The predicted molar refractivity (Wildman–Crippen MR) is 74.8 cm³/mol. The van der Waals surface area contributed by atoms with Crippen LogP contribution in [0.5, 0.6) is 11.5 Å². The Hall–Kier alpha value is -1.39. The van der Waals surface area contributed by atoms with E-state index in [1.54, 1.807) is 26.0 Å². The van der Waals surface area contributed by atoms with Crippen molar-refractivity contribution in [1.29, 1.82) is 0 Å². The maximum Gasteiger partial charge on any atom is 0.140 e. The van der Waals surface area contributed by atoms with Gasteiger partial charge in [-0.25, -0.2) is 0 Å². The summed E-state index contributed by atoms with van der Waals surface area (Å²) in [5, 5.41) is 11.5. The van der Waals surface area contributed by atoms with Gasteiger partial charge in [0.05, 0.1) is 25.7 Å². The van der Waals surface area contributed by atoms with Crippen molar-refractivity contribution in [1.82, 2.24) is 0 Å². The van der Waals surface area contributed by atoms with Gasteiger partial charge < -0.3 is 14.6 Å². The molecule has 0 aliphatic rings. The van der Waals surface area contributed by atoms with Crippen LogP contribution < -0.4 is 9.47 Å². The normalized spacial score (nSPS) is 10.7. The molecule has 0 heterocycles. The third kappa shape index (κ3) is 1.91. The molecule has 0 aromatic heterocycles. The van der Waals surface area contributed by atoms with Crippen molar-refractivity contribution in [2.24, 2.45) is 0 Å². The largest absolute Gasteiger partial charge is 0.496 e. The Balaban J connectivity index is 2.94. The van der Waals surface area contributed by atoms with Gasteiger partial charge in [-0.3, -0.25) is 0 Å². The van der Waals surface area contributed by atoms with E-state index in [1.165, 1.54) is 0 Å². The first-order valence-corrected chi connectivity index (χ1v) is 6.81. The van der Waals surface area contributed by atoms with Gasteiger partial charge in [0.1, 0.15) is 11.5 Å². The molecule has 2 aromatic carbocycles. The first-order valence-electron chi connectivity index (χ1n) is 5.58. The Bertz CT molecular complexity index is 516. The monoisotopic (exact) mass is 264 g/mol. The topological polar surface area (TPSA) is 38.7 Å². The van der Waals surface area contributed by atoms with Crippen LogP contribution in [0.25, 0.3) is 10.8 Å². The number of benzene rings is 2. The van der Waals surface area contributed by atoms with Gasteiger partial charge in [0.25, 0.3) is 0 Å². The van der Waals surface area contributed by atoms with E-state index in [1.807, 2.05) is 30.5 Å². The maximum absolute atomic E-state index is 9.59. The summed E-state index contributed by atoms with van der Waals surface area (Å²) in [5.74, 6) is 1.52. The highest BCUT2D eigenvalue weighted by Crippen LogP contribution is 2.44. The van der Waals surface area contributed by atoms with Gasteiger partial charge in [0, 0.05) is 16.3 Å². The minimum Gasteiger partial charge on any atom is -0.496 e. The molecule has 3 nitrogen and oxygen atoms in total. The molecule has 0 saturated carbocycles. The van der Waals surface area contributed by atoms with Crippen molar-refractivity contribution in [2.45, 2.75) is 11.5 Å². The molecule has 0 amide bonds. The highest BCUT2D eigenvalue weighted by Gasteiger charge is 2.19. The summed E-state index contributed by atoms with van der Waals surface area (Å²) < 4.78 is 11.0. The van der Waals surface area contributed by atoms with Gasteiger partial charge >= 0.3 is 0 Å². The minimum absolute atomic E-state index is 0.0689. The van der Waals surface area contributed by atoms with E-state index in [-0.39, 0.29) is 6.61 Å². The van der Waals surface area contributed by atoms with E-state index in [9.17, 15) is 5.11 Å². The van der Waals surface area contributed by atoms with Crippen molar-refractivity contribution in [2.75, 3.05) is 20.5 Å². The second-order valence-electron chi connectivity index (χ2n) is 3.78. The SMILES string of the molecule is COc1c(CO)c(SC)c(OC)c2ccccc12. The van der Waals surface area contributed by atoms with Crippen LogP contribution in [-0.2, 0) is 6.61 Å². The van der Waals surface area contributed by atoms with Crippen LogP contribution in [0.1, 0.15) is 5.56 Å². The lowest BCUT2D eigenvalue weighted by Crippen LogP contribution is -1.99. The Morgan fingerprint density at radius 1 is 1.06 bits per heavy atom. The van der Waals surface area contributed by atoms with Crippen molar-refractivity contribution >= 4 is 22.5 Å². The van der Waals surface area contributed by atoms with E-state index in [0.29, 0.717) is 0 Å². The van der Waals surface area contributed by atoms with Crippen LogP contribution in [0.3, 0.4) is 0 Å². The number of aliphatic hydroxyl groups is 1. The minimum atomic E-state index is -0.0689. The highest BCUT2D eigenvalue weighted by atomic mass is 32.2. The Kier molecular flexibility index (Phi) is 3.99. The molecular weight excluding hydrogens is 248 g/mol. The smallest absolute Gasteiger partial charge is 0.140 e. The quantitative estimate of drug-likeness (QED) is 0.861. The zero-order valence-electron chi connectivity index (χ0n) is 10.7. The van der Waals surface area contributed by atoms with Crippen LogP contribution in [-0.4, -0.2) is 25.6 Å². The molecule has 4 heteroatoms.